The van der Waals surface area contributed by atoms with E-state index in [0.29, 0.717) is 5.75 Å². The van der Waals surface area contributed by atoms with E-state index in [0.717, 1.165) is 23.1 Å². The fourth-order valence-corrected chi connectivity index (χ4v) is 2.95. The van der Waals surface area contributed by atoms with E-state index >= 15 is 0 Å². The summed E-state index contributed by atoms with van der Waals surface area (Å²) in [5.74, 6) is -1.79. The van der Waals surface area contributed by atoms with Gasteiger partial charge in [0.15, 0.2) is 12.2 Å². The second-order valence-corrected chi connectivity index (χ2v) is 6.85. The Labute approximate surface area is 175 Å². The highest BCUT2D eigenvalue weighted by Crippen LogP contribution is 2.37. The van der Waals surface area contributed by atoms with Crippen LogP contribution in [0.4, 0.5) is 24.5 Å². The molecular weight excluding hydrogens is 417 g/mol. The van der Waals surface area contributed by atoms with E-state index in [-0.39, 0.29) is 11.4 Å². The molecule has 2 atom stereocenters. The van der Waals surface area contributed by atoms with E-state index in [1.54, 1.807) is 30.3 Å². The smallest absolute Gasteiger partial charge is 0.416 e. The van der Waals surface area contributed by atoms with Crippen LogP contribution in [0, 0.1) is 0 Å². The van der Waals surface area contributed by atoms with Gasteiger partial charge < -0.3 is 14.8 Å². The summed E-state index contributed by atoms with van der Waals surface area (Å²) in [6, 6.07) is 11.2. The van der Waals surface area contributed by atoms with Crippen molar-refractivity contribution >= 4 is 29.2 Å². The van der Waals surface area contributed by atoms with E-state index in [1.165, 1.54) is 13.8 Å². The van der Waals surface area contributed by atoms with Crippen molar-refractivity contribution in [3.05, 3.63) is 54.1 Å². The molecule has 3 rings (SSSR count). The first-order chi connectivity index (χ1) is 14.6. The number of alkyl halides is 3. The molecule has 31 heavy (non-hydrogen) atoms. The Morgan fingerprint density at radius 2 is 1.74 bits per heavy atom. The van der Waals surface area contributed by atoms with Crippen molar-refractivity contribution in [2.24, 2.45) is 0 Å². The highest BCUT2D eigenvalue weighted by Gasteiger charge is 2.36. The van der Waals surface area contributed by atoms with Gasteiger partial charge in [0.1, 0.15) is 12.3 Å². The maximum atomic E-state index is 13.0. The van der Waals surface area contributed by atoms with Crippen molar-refractivity contribution in [1.29, 1.82) is 0 Å². The van der Waals surface area contributed by atoms with Crippen LogP contribution in [0.1, 0.15) is 19.4 Å². The molecular formula is C21H19F3N2O5. The number of ether oxygens (including phenoxy) is 2. The zero-order valence-electron chi connectivity index (χ0n) is 16.6. The molecule has 0 fully saturated rings. The fraction of sp³-hybridized carbons (Fsp3) is 0.286. The molecule has 1 heterocycles. The van der Waals surface area contributed by atoms with Gasteiger partial charge in [-0.1, -0.05) is 18.2 Å². The first kappa shape index (κ1) is 22.1. The van der Waals surface area contributed by atoms with Crippen LogP contribution in [0.3, 0.4) is 0 Å². The SMILES string of the molecule is CC(Oc1ccccc1)C(=O)OC(C)C(=O)N1CC(=O)Nc2cc(C(F)(F)F)ccc21. The Hall–Kier alpha value is -3.56. The molecule has 1 N–H and O–H groups in total. The van der Waals surface area contributed by atoms with E-state index in [2.05, 4.69) is 5.32 Å². The predicted octanol–water partition coefficient (Wildman–Crippen LogP) is 3.39. The number of amides is 2. The lowest BCUT2D eigenvalue weighted by molar-refractivity contribution is -0.160. The van der Waals surface area contributed by atoms with Crippen LogP contribution in [-0.4, -0.2) is 36.5 Å². The summed E-state index contributed by atoms with van der Waals surface area (Å²) in [6.07, 6.45) is -6.91. The number of carbonyl (C=O) groups excluding carboxylic acids is 3. The second kappa shape index (κ2) is 8.66. The predicted molar refractivity (Wildman–Crippen MR) is 105 cm³/mol. The Kier molecular flexibility index (Phi) is 6.19. The number of benzene rings is 2. The maximum Gasteiger partial charge on any atom is 0.416 e. The molecule has 1 aliphatic heterocycles. The molecule has 0 radical (unpaired) electrons. The molecule has 164 valence electrons. The Morgan fingerprint density at radius 1 is 1.06 bits per heavy atom. The standard InChI is InChI=1S/C21H19F3N2O5/c1-12(31-20(29)13(2)30-15-6-4-3-5-7-15)19(28)26-11-18(27)25-16-10-14(21(22,23)24)8-9-17(16)26/h3-10,12-13H,11H2,1-2H3,(H,25,27). The van der Waals surface area contributed by atoms with E-state index in [9.17, 15) is 27.6 Å². The number of esters is 1. The lowest BCUT2D eigenvalue weighted by Crippen LogP contribution is -2.47. The van der Waals surface area contributed by atoms with Gasteiger partial charge in [0.25, 0.3) is 5.91 Å². The minimum atomic E-state index is -4.61. The van der Waals surface area contributed by atoms with Crippen LogP contribution in [0.2, 0.25) is 0 Å². The quantitative estimate of drug-likeness (QED) is 0.727. The first-order valence-corrected chi connectivity index (χ1v) is 9.31. The molecule has 0 aromatic heterocycles. The Morgan fingerprint density at radius 3 is 2.39 bits per heavy atom. The van der Waals surface area contributed by atoms with Gasteiger partial charge in [-0.25, -0.2) is 4.79 Å². The third-order valence-electron chi connectivity index (χ3n) is 4.49. The van der Waals surface area contributed by atoms with Crippen LogP contribution in [-0.2, 0) is 25.3 Å². The number of nitrogens with one attached hydrogen (secondary N) is 1. The topological polar surface area (TPSA) is 84.9 Å². The van der Waals surface area contributed by atoms with Crippen LogP contribution in [0.15, 0.2) is 48.5 Å². The Bertz CT molecular complexity index is 994. The number of para-hydroxylation sites is 1. The van der Waals surface area contributed by atoms with Crippen molar-refractivity contribution in [1.82, 2.24) is 0 Å². The summed E-state index contributed by atoms with van der Waals surface area (Å²) >= 11 is 0. The van der Waals surface area contributed by atoms with Gasteiger partial charge in [0, 0.05) is 0 Å². The number of hydrogen-bond acceptors (Lipinski definition) is 5. The summed E-state index contributed by atoms with van der Waals surface area (Å²) in [5, 5.41) is 2.32. The van der Waals surface area contributed by atoms with Crippen molar-refractivity contribution in [3.63, 3.8) is 0 Å². The number of halogens is 3. The maximum absolute atomic E-state index is 13.0. The van der Waals surface area contributed by atoms with Crippen molar-refractivity contribution < 1.29 is 37.0 Å². The van der Waals surface area contributed by atoms with E-state index in [1.807, 2.05) is 0 Å². The Balaban J connectivity index is 1.72. The first-order valence-electron chi connectivity index (χ1n) is 9.31. The van der Waals surface area contributed by atoms with Gasteiger partial charge in [0.2, 0.25) is 5.91 Å². The minimum absolute atomic E-state index is 0.0779. The van der Waals surface area contributed by atoms with Crippen LogP contribution >= 0.6 is 0 Å². The minimum Gasteiger partial charge on any atom is -0.479 e. The lowest BCUT2D eigenvalue weighted by atomic mass is 10.1. The fourth-order valence-electron chi connectivity index (χ4n) is 2.95. The van der Waals surface area contributed by atoms with E-state index in [4.69, 9.17) is 9.47 Å². The summed E-state index contributed by atoms with van der Waals surface area (Å²) < 4.78 is 49.5. The van der Waals surface area contributed by atoms with Crippen molar-refractivity contribution in [2.45, 2.75) is 32.2 Å². The largest absolute Gasteiger partial charge is 0.479 e. The van der Waals surface area contributed by atoms with Gasteiger partial charge in [-0.2, -0.15) is 13.2 Å². The van der Waals surface area contributed by atoms with Crippen LogP contribution in [0.25, 0.3) is 0 Å². The van der Waals surface area contributed by atoms with Gasteiger partial charge in [-0.15, -0.1) is 0 Å². The number of rotatable bonds is 5. The zero-order chi connectivity index (χ0) is 22.8. The summed E-state index contributed by atoms with van der Waals surface area (Å²) in [5.41, 5.74) is -1.04. The molecule has 7 nitrogen and oxygen atoms in total. The molecule has 2 aromatic rings. The molecule has 0 aliphatic carbocycles. The molecule has 2 aromatic carbocycles. The summed E-state index contributed by atoms with van der Waals surface area (Å²) in [7, 11) is 0. The molecule has 2 unspecified atom stereocenters. The van der Waals surface area contributed by atoms with Crippen LogP contribution in [0.5, 0.6) is 5.75 Å². The van der Waals surface area contributed by atoms with Crippen molar-refractivity contribution in [2.75, 3.05) is 16.8 Å². The average molecular weight is 436 g/mol. The van der Waals surface area contributed by atoms with Gasteiger partial charge in [-0.3, -0.25) is 14.5 Å². The van der Waals surface area contributed by atoms with Crippen LogP contribution < -0.4 is 15.0 Å². The highest BCUT2D eigenvalue weighted by molar-refractivity contribution is 6.11. The number of anilines is 2. The second-order valence-electron chi connectivity index (χ2n) is 6.85. The summed E-state index contributed by atoms with van der Waals surface area (Å²) in [6.45, 7) is 2.34. The number of carbonyl (C=O) groups is 3. The molecule has 10 heteroatoms. The van der Waals surface area contributed by atoms with Gasteiger partial charge in [0.05, 0.1) is 16.9 Å². The number of fused-ring (bicyclic) bond motifs is 1. The monoisotopic (exact) mass is 436 g/mol. The summed E-state index contributed by atoms with van der Waals surface area (Å²) in [4.78, 5) is 38.0. The lowest BCUT2D eigenvalue weighted by Gasteiger charge is -2.31. The van der Waals surface area contributed by atoms with Crippen molar-refractivity contribution in [3.8, 4) is 5.75 Å². The molecule has 0 bridgehead atoms. The average Bonchev–Trinajstić information content (AvgIpc) is 2.72. The number of hydrogen-bond donors (Lipinski definition) is 1. The number of nitrogens with zero attached hydrogens (tertiary/aromatic N) is 1. The zero-order valence-corrected chi connectivity index (χ0v) is 16.6. The molecule has 2 amide bonds. The normalized spacial score (nSPS) is 15.4. The molecule has 0 saturated heterocycles. The van der Waals surface area contributed by atoms with E-state index < -0.39 is 48.3 Å². The molecule has 1 aliphatic rings. The molecule has 0 spiro atoms. The third-order valence-corrected chi connectivity index (χ3v) is 4.49. The highest BCUT2D eigenvalue weighted by atomic mass is 19.4. The molecule has 0 saturated carbocycles. The van der Waals surface area contributed by atoms with Gasteiger partial charge >= 0.3 is 12.1 Å². The van der Waals surface area contributed by atoms with Gasteiger partial charge in [-0.05, 0) is 44.2 Å². The third kappa shape index (κ3) is 5.14.